The van der Waals surface area contributed by atoms with E-state index in [4.69, 9.17) is 11.3 Å². The summed E-state index contributed by atoms with van der Waals surface area (Å²) in [5.41, 5.74) is -0.415. The highest BCUT2D eigenvalue weighted by Gasteiger charge is 2.33. The van der Waals surface area contributed by atoms with Gasteiger partial charge in [-0.3, -0.25) is 0 Å². The van der Waals surface area contributed by atoms with Crippen molar-refractivity contribution in [2.24, 2.45) is 5.16 Å². The molecule has 0 amide bonds. The lowest BCUT2D eigenvalue weighted by Gasteiger charge is -2.18. The van der Waals surface area contributed by atoms with E-state index in [0.29, 0.717) is 0 Å². The fraction of sp³-hybridized carbons (Fsp3) is 0.625. The first-order valence-electron chi connectivity index (χ1n) is 3.45. The van der Waals surface area contributed by atoms with Crippen LogP contribution in [-0.2, 0) is 4.84 Å². The average Bonchev–Trinajstić information content (AvgIpc) is 2.39. The van der Waals surface area contributed by atoms with E-state index in [9.17, 15) is 0 Å². The van der Waals surface area contributed by atoms with Crippen molar-refractivity contribution in [3.63, 3.8) is 0 Å². The summed E-state index contributed by atoms with van der Waals surface area (Å²) < 4.78 is 0. The third-order valence-electron chi connectivity index (χ3n) is 1.91. The Labute approximate surface area is 73.4 Å². The molecule has 0 heterocycles. The smallest absolute Gasteiger partial charge is 0.197 e. The highest BCUT2D eigenvalue weighted by atomic mass is 35.5. The highest BCUT2D eigenvalue weighted by Crippen LogP contribution is 2.32. The van der Waals surface area contributed by atoms with E-state index in [1.165, 1.54) is 0 Å². The van der Waals surface area contributed by atoms with E-state index < -0.39 is 5.60 Å². The molecule has 1 fully saturated rings. The van der Waals surface area contributed by atoms with Gasteiger partial charge in [-0.1, -0.05) is 5.92 Å². The lowest BCUT2D eigenvalue weighted by molar-refractivity contribution is 0.0103. The molecule has 1 aliphatic carbocycles. The maximum Gasteiger partial charge on any atom is 0.197 e. The molecule has 1 saturated carbocycles. The van der Waals surface area contributed by atoms with Gasteiger partial charge < -0.3 is 4.84 Å². The third kappa shape index (κ3) is 2.13. The molecule has 1 rings (SSSR count). The molecule has 0 aromatic rings. The first-order chi connectivity index (χ1) is 4.83. The predicted molar refractivity (Wildman–Crippen MR) is 47.9 cm³/mol. The quantitative estimate of drug-likeness (QED) is 0.356. The summed E-state index contributed by atoms with van der Waals surface area (Å²) in [5.74, 6) is 2.62. The molecule has 0 aromatic heterocycles. The van der Waals surface area contributed by atoms with Crippen LogP contribution in [0.2, 0.25) is 0 Å². The van der Waals surface area contributed by atoms with Crippen molar-refractivity contribution >= 4 is 19.1 Å². The fourth-order valence-electron chi connectivity index (χ4n) is 1.33. The van der Waals surface area contributed by atoms with E-state index in [-0.39, 0.29) is 12.4 Å². The van der Waals surface area contributed by atoms with E-state index in [0.717, 1.165) is 25.7 Å². The molecule has 0 radical (unpaired) electrons. The number of halogens is 1. The Kier molecular flexibility index (Phi) is 3.99. The van der Waals surface area contributed by atoms with E-state index in [1.807, 2.05) is 0 Å². The molecule has 0 atom stereocenters. The van der Waals surface area contributed by atoms with Crippen molar-refractivity contribution < 1.29 is 4.84 Å². The topological polar surface area (TPSA) is 21.6 Å². The van der Waals surface area contributed by atoms with Gasteiger partial charge in [-0.15, -0.1) is 24.0 Å². The number of terminal acetylenes is 1. The predicted octanol–water partition coefficient (Wildman–Crippen LogP) is 1.99. The molecular weight excluding hydrogens is 162 g/mol. The first kappa shape index (κ1) is 10.3. The minimum Gasteiger partial charge on any atom is -0.377 e. The summed E-state index contributed by atoms with van der Waals surface area (Å²) in [6.45, 7) is 3.25. The maximum atomic E-state index is 5.29. The van der Waals surface area contributed by atoms with Gasteiger partial charge in [0.2, 0.25) is 0 Å². The van der Waals surface area contributed by atoms with Crippen LogP contribution in [0.25, 0.3) is 0 Å². The van der Waals surface area contributed by atoms with Crippen LogP contribution in [0.15, 0.2) is 5.16 Å². The van der Waals surface area contributed by atoms with Gasteiger partial charge in [0.1, 0.15) is 0 Å². The molecule has 0 aliphatic heterocycles. The normalized spacial score (nSPS) is 19.5. The molecule has 3 heteroatoms. The number of nitrogens with zero attached hydrogens (tertiary/aromatic N) is 1. The Balaban J connectivity index is 0.000001000. The van der Waals surface area contributed by atoms with Crippen LogP contribution in [0.1, 0.15) is 25.7 Å². The van der Waals surface area contributed by atoms with Crippen molar-refractivity contribution in [3.05, 3.63) is 0 Å². The minimum atomic E-state index is -0.415. The molecule has 0 aromatic carbocycles. The summed E-state index contributed by atoms with van der Waals surface area (Å²) in [6.07, 6.45) is 9.41. The highest BCUT2D eigenvalue weighted by molar-refractivity contribution is 5.85. The van der Waals surface area contributed by atoms with Crippen LogP contribution in [0.5, 0.6) is 0 Å². The Bertz CT molecular complexity index is 167. The van der Waals surface area contributed by atoms with E-state index >= 15 is 0 Å². The largest absolute Gasteiger partial charge is 0.377 e. The lowest BCUT2D eigenvalue weighted by Crippen LogP contribution is -2.23. The SMILES string of the molecule is C#CC1(ON=C)CCCC1.Cl. The number of hydrogen-bond donors (Lipinski definition) is 0. The molecule has 0 N–H and O–H groups in total. The molecule has 0 spiro atoms. The van der Waals surface area contributed by atoms with Gasteiger partial charge in [0.15, 0.2) is 5.60 Å². The van der Waals surface area contributed by atoms with Crippen LogP contribution in [0.4, 0.5) is 0 Å². The summed E-state index contributed by atoms with van der Waals surface area (Å²) in [5, 5.41) is 3.37. The Hall–Kier alpha value is -0.680. The Morgan fingerprint density at radius 3 is 2.36 bits per heavy atom. The van der Waals surface area contributed by atoms with Gasteiger partial charge in [0, 0.05) is 19.6 Å². The average molecular weight is 174 g/mol. The Morgan fingerprint density at radius 1 is 1.45 bits per heavy atom. The van der Waals surface area contributed by atoms with Gasteiger partial charge in [-0.2, -0.15) is 0 Å². The molecule has 0 unspecified atom stereocenters. The van der Waals surface area contributed by atoms with Crippen LogP contribution in [0.3, 0.4) is 0 Å². The molecular formula is C8H12ClNO. The van der Waals surface area contributed by atoms with E-state index in [2.05, 4.69) is 17.8 Å². The molecule has 0 bridgehead atoms. The number of oxime groups is 1. The lowest BCUT2D eigenvalue weighted by atomic mass is 10.0. The zero-order chi connectivity index (χ0) is 7.45. The summed E-state index contributed by atoms with van der Waals surface area (Å²) in [7, 11) is 0. The van der Waals surface area contributed by atoms with Crippen LogP contribution in [-0.4, -0.2) is 12.3 Å². The third-order valence-corrected chi connectivity index (χ3v) is 1.91. The zero-order valence-electron chi connectivity index (χ0n) is 6.38. The maximum absolute atomic E-state index is 5.29. The van der Waals surface area contributed by atoms with E-state index in [1.54, 1.807) is 0 Å². The molecule has 11 heavy (non-hydrogen) atoms. The molecule has 0 saturated heterocycles. The van der Waals surface area contributed by atoms with Gasteiger partial charge in [0.05, 0.1) is 0 Å². The summed E-state index contributed by atoms with van der Waals surface area (Å²) >= 11 is 0. The fourth-order valence-corrected chi connectivity index (χ4v) is 1.33. The first-order valence-corrected chi connectivity index (χ1v) is 3.45. The minimum absolute atomic E-state index is 0. The van der Waals surface area contributed by atoms with Gasteiger partial charge in [0.25, 0.3) is 0 Å². The standard InChI is InChI=1S/C8H11NO.ClH/c1-3-8(10-9-2)6-4-5-7-8;/h1H,2,4-7H2;1H. The van der Waals surface area contributed by atoms with Crippen molar-refractivity contribution in [2.75, 3.05) is 0 Å². The van der Waals surface area contributed by atoms with Gasteiger partial charge >= 0.3 is 0 Å². The zero-order valence-corrected chi connectivity index (χ0v) is 7.19. The monoisotopic (exact) mass is 173 g/mol. The van der Waals surface area contributed by atoms with Crippen molar-refractivity contribution in [1.29, 1.82) is 0 Å². The number of rotatable bonds is 2. The van der Waals surface area contributed by atoms with Crippen LogP contribution >= 0.6 is 12.4 Å². The second-order valence-electron chi connectivity index (χ2n) is 2.57. The van der Waals surface area contributed by atoms with Crippen molar-refractivity contribution in [3.8, 4) is 12.3 Å². The molecule has 2 nitrogen and oxygen atoms in total. The second-order valence-corrected chi connectivity index (χ2v) is 2.57. The molecule has 1 aliphatic rings. The summed E-state index contributed by atoms with van der Waals surface area (Å²) in [4.78, 5) is 5.02. The number of hydrogen-bond acceptors (Lipinski definition) is 2. The van der Waals surface area contributed by atoms with Crippen LogP contribution < -0.4 is 0 Å². The van der Waals surface area contributed by atoms with Gasteiger partial charge in [-0.05, 0) is 12.8 Å². The summed E-state index contributed by atoms with van der Waals surface area (Å²) in [6, 6.07) is 0. The van der Waals surface area contributed by atoms with Crippen molar-refractivity contribution in [2.45, 2.75) is 31.3 Å². The van der Waals surface area contributed by atoms with Crippen molar-refractivity contribution in [1.82, 2.24) is 0 Å². The Morgan fingerprint density at radius 2 is 2.00 bits per heavy atom. The second kappa shape index (κ2) is 4.25. The molecule has 62 valence electrons. The van der Waals surface area contributed by atoms with Gasteiger partial charge in [-0.25, -0.2) is 0 Å². The van der Waals surface area contributed by atoms with Crippen LogP contribution in [0, 0.1) is 12.3 Å².